The van der Waals surface area contributed by atoms with E-state index in [0.717, 1.165) is 0 Å². The van der Waals surface area contributed by atoms with Gasteiger partial charge in [-0.15, -0.1) is 0 Å². The van der Waals surface area contributed by atoms with E-state index >= 15 is 0 Å². The summed E-state index contributed by atoms with van der Waals surface area (Å²) in [6.45, 7) is 3.87. The van der Waals surface area contributed by atoms with E-state index in [4.69, 9.17) is 4.74 Å². The van der Waals surface area contributed by atoms with Crippen LogP contribution in [0.15, 0.2) is 66.1 Å². The largest absolute Gasteiger partial charge is 0.491 e. The van der Waals surface area contributed by atoms with Crippen LogP contribution in [0.2, 0.25) is 0 Å². The summed E-state index contributed by atoms with van der Waals surface area (Å²) in [7, 11) is -3.28. The zero-order valence-corrected chi connectivity index (χ0v) is 15.5. The van der Waals surface area contributed by atoms with Crippen LogP contribution in [-0.4, -0.2) is 32.2 Å². The first-order valence-corrected chi connectivity index (χ1v) is 10.1. The van der Waals surface area contributed by atoms with Crippen molar-refractivity contribution in [3.8, 4) is 5.75 Å². The van der Waals surface area contributed by atoms with Gasteiger partial charge in [-0.2, -0.15) is 0 Å². The van der Waals surface area contributed by atoms with Gasteiger partial charge in [-0.25, -0.2) is 8.42 Å². The van der Waals surface area contributed by atoms with Crippen molar-refractivity contribution in [3.63, 3.8) is 0 Å². The molecular weight excluding hydrogens is 350 g/mol. The molecule has 1 aliphatic rings. The van der Waals surface area contributed by atoms with Crippen LogP contribution >= 0.6 is 0 Å². The molecule has 6 heteroatoms. The molecule has 0 fully saturated rings. The molecule has 0 radical (unpaired) electrons. The monoisotopic (exact) mass is 371 g/mol. The fourth-order valence-corrected chi connectivity index (χ4v) is 4.12. The van der Waals surface area contributed by atoms with Crippen LogP contribution < -0.4 is 9.64 Å². The molecule has 1 aliphatic heterocycles. The Labute approximate surface area is 153 Å². The molecule has 5 nitrogen and oxygen atoms in total. The second-order valence-corrected chi connectivity index (χ2v) is 8.36. The van der Waals surface area contributed by atoms with Crippen molar-refractivity contribution in [2.45, 2.75) is 26.0 Å². The summed E-state index contributed by atoms with van der Waals surface area (Å²) in [5, 5.41) is 1.18. The second-order valence-electron chi connectivity index (χ2n) is 6.43. The maximum Gasteiger partial charge on any atom is 0.258 e. The number of carbonyl (C=O) groups is 1. The molecule has 1 amide bonds. The topological polar surface area (TPSA) is 63.7 Å². The Morgan fingerprint density at radius 1 is 1.08 bits per heavy atom. The summed E-state index contributed by atoms with van der Waals surface area (Å²) >= 11 is 0. The lowest BCUT2D eigenvalue weighted by molar-refractivity contribution is 0.0983. The number of para-hydroxylation sites is 1. The predicted molar refractivity (Wildman–Crippen MR) is 102 cm³/mol. The number of benzene rings is 2. The summed E-state index contributed by atoms with van der Waals surface area (Å²) in [5.74, 6) is 0.326. The van der Waals surface area contributed by atoms with Crippen molar-refractivity contribution in [3.05, 3.63) is 71.6 Å². The number of ether oxygens (including phenoxy) is 1. The Balaban J connectivity index is 1.92. The van der Waals surface area contributed by atoms with Crippen molar-refractivity contribution < 1.29 is 17.9 Å². The lowest BCUT2D eigenvalue weighted by Gasteiger charge is -2.28. The zero-order chi connectivity index (χ0) is 18.7. The Hall–Kier alpha value is -2.60. The Kier molecular flexibility index (Phi) is 5.13. The summed E-state index contributed by atoms with van der Waals surface area (Å²) in [4.78, 5) is 14.7. The highest BCUT2D eigenvalue weighted by molar-refractivity contribution is 7.94. The summed E-state index contributed by atoms with van der Waals surface area (Å²) in [6, 6.07) is 15.5. The fourth-order valence-electron chi connectivity index (χ4n) is 2.86. The minimum absolute atomic E-state index is 0.0474. The molecule has 136 valence electrons. The van der Waals surface area contributed by atoms with E-state index < -0.39 is 15.9 Å². The standard InChI is InChI=1S/C20H21NO4S/c1-15(2)25-19-10-8-16(9-11-19)20(22)21(17-6-4-3-5-7-17)18-12-13-26(23,24)14-18/h3-13,15,18H,14H2,1-2H3/t18-/m1/s1. The third-order valence-electron chi connectivity index (χ3n) is 3.97. The number of anilines is 1. The van der Waals surface area contributed by atoms with E-state index in [1.807, 2.05) is 32.0 Å². The van der Waals surface area contributed by atoms with Gasteiger partial charge in [-0.05, 0) is 56.3 Å². The minimum Gasteiger partial charge on any atom is -0.491 e. The summed E-state index contributed by atoms with van der Waals surface area (Å²) in [6.07, 6.45) is 1.61. The number of hydrogen-bond acceptors (Lipinski definition) is 4. The van der Waals surface area contributed by atoms with Gasteiger partial charge in [0.1, 0.15) is 5.75 Å². The van der Waals surface area contributed by atoms with E-state index in [2.05, 4.69) is 0 Å². The molecule has 2 aromatic rings. The molecule has 2 aromatic carbocycles. The van der Waals surface area contributed by atoms with Crippen LogP contribution in [0, 0.1) is 0 Å². The third-order valence-corrected chi connectivity index (χ3v) is 5.35. The molecule has 0 spiro atoms. The van der Waals surface area contributed by atoms with Crippen LogP contribution in [0.25, 0.3) is 0 Å². The highest BCUT2D eigenvalue weighted by Crippen LogP contribution is 2.25. The van der Waals surface area contributed by atoms with Gasteiger partial charge in [0.05, 0.1) is 17.9 Å². The predicted octanol–water partition coefficient (Wildman–Crippen LogP) is 3.43. The first-order valence-electron chi connectivity index (χ1n) is 8.42. The van der Waals surface area contributed by atoms with Crippen LogP contribution in [0.5, 0.6) is 5.75 Å². The number of carbonyl (C=O) groups excluding carboxylic acids is 1. The van der Waals surface area contributed by atoms with Gasteiger partial charge in [0.2, 0.25) is 0 Å². The van der Waals surface area contributed by atoms with Crippen molar-refractivity contribution in [2.24, 2.45) is 0 Å². The molecule has 0 saturated heterocycles. The van der Waals surface area contributed by atoms with Crippen molar-refractivity contribution in [2.75, 3.05) is 10.7 Å². The van der Waals surface area contributed by atoms with Crippen LogP contribution in [-0.2, 0) is 9.84 Å². The maximum atomic E-state index is 13.1. The van der Waals surface area contributed by atoms with Gasteiger partial charge < -0.3 is 9.64 Å². The Morgan fingerprint density at radius 2 is 1.73 bits per heavy atom. The molecule has 0 unspecified atom stereocenters. The van der Waals surface area contributed by atoms with E-state index in [9.17, 15) is 13.2 Å². The molecule has 0 bridgehead atoms. The van der Waals surface area contributed by atoms with E-state index in [1.165, 1.54) is 10.3 Å². The molecule has 0 saturated carbocycles. The van der Waals surface area contributed by atoms with Crippen molar-refractivity contribution in [1.29, 1.82) is 0 Å². The average Bonchev–Trinajstić information content (AvgIpc) is 2.95. The molecule has 1 atom stereocenters. The SMILES string of the molecule is CC(C)Oc1ccc(C(=O)N(c2ccccc2)[C@@H]2C=CS(=O)(=O)C2)cc1. The summed E-state index contributed by atoms with van der Waals surface area (Å²) < 4.78 is 29.3. The quantitative estimate of drug-likeness (QED) is 0.808. The van der Waals surface area contributed by atoms with Gasteiger partial charge in [-0.3, -0.25) is 4.79 Å². The number of sulfone groups is 1. The smallest absolute Gasteiger partial charge is 0.258 e. The molecule has 26 heavy (non-hydrogen) atoms. The first-order chi connectivity index (χ1) is 12.4. The Bertz CT molecular complexity index is 903. The van der Waals surface area contributed by atoms with Gasteiger partial charge in [0, 0.05) is 16.7 Å². The number of rotatable bonds is 5. The zero-order valence-electron chi connectivity index (χ0n) is 14.7. The van der Waals surface area contributed by atoms with Crippen LogP contribution in [0.3, 0.4) is 0 Å². The van der Waals surface area contributed by atoms with Crippen molar-refractivity contribution >= 4 is 21.4 Å². The first kappa shape index (κ1) is 18.2. The minimum atomic E-state index is -3.28. The van der Waals surface area contributed by atoms with Gasteiger partial charge >= 0.3 is 0 Å². The highest BCUT2D eigenvalue weighted by atomic mass is 32.2. The van der Waals surface area contributed by atoms with E-state index in [1.54, 1.807) is 42.5 Å². The van der Waals surface area contributed by atoms with Gasteiger partial charge in [-0.1, -0.05) is 18.2 Å². The second kappa shape index (κ2) is 7.33. The molecule has 0 N–H and O–H groups in total. The van der Waals surface area contributed by atoms with Gasteiger partial charge in [0.25, 0.3) is 5.91 Å². The maximum absolute atomic E-state index is 13.1. The summed E-state index contributed by atoms with van der Waals surface area (Å²) in [5.41, 5.74) is 1.13. The molecular formula is C20H21NO4S. The van der Waals surface area contributed by atoms with Gasteiger partial charge in [0.15, 0.2) is 9.84 Å². The lowest BCUT2D eigenvalue weighted by atomic mass is 10.1. The van der Waals surface area contributed by atoms with E-state index in [-0.39, 0.29) is 17.8 Å². The van der Waals surface area contributed by atoms with Crippen LogP contribution in [0.4, 0.5) is 5.69 Å². The van der Waals surface area contributed by atoms with Crippen molar-refractivity contribution in [1.82, 2.24) is 0 Å². The lowest BCUT2D eigenvalue weighted by Crippen LogP contribution is -2.41. The third kappa shape index (κ3) is 4.14. The van der Waals surface area contributed by atoms with Crippen LogP contribution in [0.1, 0.15) is 24.2 Å². The molecule has 3 rings (SSSR count). The Morgan fingerprint density at radius 3 is 2.27 bits per heavy atom. The number of amides is 1. The number of hydrogen-bond donors (Lipinski definition) is 0. The molecule has 0 aliphatic carbocycles. The fraction of sp³-hybridized carbons (Fsp3) is 0.250. The van der Waals surface area contributed by atoms with E-state index in [0.29, 0.717) is 17.0 Å². The normalized spacial score (nSPS) is 18.0. The highest BCUT2D eigenvalue weighted by Gasteiger charge is 2.31. The molecule has 1 heterocycles. The number of nitrogens with zero attached hydrogens (tertiary/aromatic N) is 1. The average molecular weight is 371 g/mol. The molecule has 0 aromatic heterocycles.